The lowest BCUT2D eigenvalue weighted by atomic mass is 10.0. The number of rotatable bonds is 4. The molecule has 0 aliphatic carbocycles. The molecule has 0 bridgehead atoms. The van der Waals surface area contributed by atoms with Crippen LogP contribution >= 0.6 is 0 Å². The Hall–Kier alpha value is -1.15. The first-order chi connectivity index (χ1) is 9.30. The molecule has 1 amide bonds. The number of ether oxygens (including phenoxy) is 1. The first-order valence-corrected chi connectivity index (χ1v) is 8.46. The van der Waals surface area contributed by atoms with Gasteiger partial charge in [0.2, 0.25) is 0 Å². The van der Waals surface area contributed by atoms with Gasteiger partial charge in [-0.25, -0.2) is 8.42 Å². The molecule has 2 rings (SSSR count). The summed E-state index contributed by atoms with van der Waals surface area (Å²) in [5.41, 5.74) is 0. The maximum atomic E-state index is 12.4. The lowest BCUT2D eigenvalue weighted by molar-refractivity contribution is -0.152. The molecular formula is C12H19NO6S. The van der Waals surface area contributed by atoms with Gasteiger partial charge in [-0.2, -0.15) is 0 Å². The molecule has 114 valence electrons. The third kappa shape index (κ3) is 3.29. The largest absolute Gasteiger partial charge is 0.480 e. The predicted molar refractivity (Wildman–Crippen MR) is 69.9 cm³/mol. The molecule has 20 heavy (non-hydrogen) atoms. The van der Waals surface area contributed by atoms with E-state index < -0.39 is 40.4 Å². The Labute approximate surface area is 117 Å². The number of sulfone groups is 1. The highest BCUT2D eigenvalue weighted by molar-refractivity contribution is 7.91. The molecule has 0 aromatic rings. The third-order valence-electron chi connectivity index (χ3n) is 3.87. The van der Waals surface area contributed by atoms with Gasteiger partial charge in [-0.1, -0.05) is 6.92 Å². The molecule has 2 fully saturated rings. The fraction of sp³-hybridized carbons (Fsp3) is 0.833. The van der Waals surface area contributed by atoms with E-state index in [1.54, 1.807) is 0 Å². The van der Waals surface area contributed by atoms with Gasteiger partial charge in [0.1, 0.15) is 12.6 Å². The van der Waals surface area contributed by atoms with E-state index in [1.165, 1.54) is 4.90 Å². The van der Waals surface area contributed by atoms with Gasteiger partial charge in [0.15, 0.2) is 9.84 Å². The first-order valence-electron chi connectivity index (χ1n) is 6.64. The minimum absolute atomic E-state index is 0.00213. The molecule has 2 aliphatic heterocycles. The number of carboxylic acids is 1. The van der Waals surface area contributed by atoms with Crippen LogP contribution in [-0.2, 0) is 24.2 Å². The van der Waals surface area contributed by atoms with Crippen LogP contribution in [0.15, 0.2) is 0 Å². The van der Waals surface area contributed by atoms with Gasteiger partial charge >= 0.3 is 5.97 Å². The maximum Gasteiger partial charge on any atom is 0.323 e. The Balaban J connectivity index is 2.15. The van der Waals surface area contributed by atoms with Gasteiger partial charge in [-0.15, -0.1) is 0 Å². The third-order valence-corrected chi connectivity index (χ3v) is 5.62. The molecule has 3 unspecified atom stereocenters. The highest BCUT2D eigenvalue weighted by Crippen LogP contribution is 2.25. The molecule has 0 radical (unpaired) electrons. The molecule has 2 heterocycles. The van der Waals surface area contributed by atoms with Gasteiger partial charge in [-0.05, 0) is 18.8 Å². The van der Waals surface area contributed by atoms with Crippen molar-refractivity contribution in [3.05, 3.63) is 0 Å². The van der Waals surface area contributed by atoms with Crippen LogP contribution in [0.2, 0.25) is 0 Å². The van der Waals surface area contributed by atoms with Gasteiger partial charge in [0.05, 0.1) is 11.5 Å². The van der Waals surface area contributed by atoms with E-state index in [4.69, 9.17) is 9.84 Å². The van der Waals surface area contributed by atoms with E-state index in [2.05, 4.69) is 0 Å². The van der Waals surface area contributed by atoms with Crippen molar-refractivity contribution in [1.29, 1.82) is 0 Å². The molecule has 7 nitrogen and oxygen atoms in total. The summed E-state index contributed by atoms with van der Waals surface area (Å²) in [5.74, 6) is -1.68. The van der Waals surface area contributed by atoms with Crippen molar-refractivity contribution in [2.75, 3.05) is 24.7 Å². The molecule has 8 heteroatoms. The minimum atomic E-state index is -3.17. The van der Waals surface area contributed by atoms with E-state index in [0.717, 1.165) is 6.42 Å². The number of carbonyl (C=O) groups is 2. The van der Waals surface area contributed by atoms with Gasteiger partial charge in [-0.3, -0.25) is 9.59 Å². The predicted octanol–water partition coefficient (Wildman–Crippen LogP) is -0.488. The van der Waals surface area contributed by atoms with Crippen molar-refractivity contribution in [3.8, 4) is 0 Å². The molecule has 2 aliphatic rings. The Morgan fingerprint density at radius 1 is 1.35 bits per heavy atom. The van der Waals surface area contributed by atoms with Gasteiger partial charge in [0.25, 0.3) is 5.91 Å². The van der Waals surface area contributed by atoms with Crippen LogP contribution in [0.25, 0.3) is 0 Å². The van der Waals surface area contributed by atoms with Crippen LogP contribution in [0, 0.1) is 5.92 Å². The van der Waals surface area contributed by atoms with Crippen LogP contribution in [-0.4, -0.2) is 67.1 Å². The average molecular weight is 305 g/mol. The van der Waals surface area contributed by atoms with Gasteiger partial charge in [0, 0.05) is 12.6 Å². The zero-order valence-corrected chi connectivity index (χ0v) is 12.1. The number of hydrogen-bond donors (Lipinski definition) is 1. The van der Waals surface area contributed by atoms with Crippen LogP contribution in [0.1, 0.15) is 19.8 Å². The number of carboxylic acid groups (broad SMARTS) is 1. The van der Waals surface area contributed by atoms with Crippen LogP contribution in [0.5, 0.6) is 0 Å². The van der Waals surface area contributed by atoms with E-state index >= 15 is 0 Å². The minimum Gasteiger partial charge on any atom is -0.480 e. The normalized spacial score (nSPS) is 32.1. The van der Waals surface area contributed by atoms with Crippen molar-refractivity contribution in [3.63, 3.8) is 0 Å². The number of aliphatic carboxylic acids is 1. The summed E-state index contributed by atoms with van der Waals surface area (Å²) in [7, 11) is -3.17. The van der Waals surface area contributed by atoms with Crippen LogP contribution in [0.3, 0.4) is 0 Å². The van der Waals surface area contributed by atoms with Crippen molar-refractivity contribution in [1.82, 2.24) is 4.90 Å². The summed E-state index contributed by atoms with van der Waals surface area (Å²) >= 11 is 0. The Morgan fingerprint density at radius 2 is 2.05 bits per heavy atom. The summed E-state index contributed by atoms with van der Waals surface area (Å²) in [6.07, 6.45) is 0.389. The summed E-state index contributed by atoms with van der Waals surface area (Å²) in [5, 5.41) is 8.95. The zero-order chi connectivity index (χ0) is 14.9. The fourth-order valence-corrected chi connectivity index (χ4v) is 4.46. The monoisotopic (exact) mass is 305 g/mol. The number of amides is 1. The smallest absolute Gasteiger partial charge is 0.323 e. The standard InChI is InChI=1S/C12H19NO6S/c1-8-2-4-19-11(8)12(16)13(6-10(14)15)9-3-5-20(17,18)7-9/h8-9,11H,2-7H2,1H3,(H,14,15). The van der Waals surface area contributed by atoms with Crippen molar-refractivity contribution in [2.24, 2.45) is 5.92 Å². The van der Waals surface area contributed by atoms with E-state index in [0.29, 0.717) is 13.0 Å². The second kappa shape index (κ2) is 5.69. The summed E-state index contributed by atoms with van der Waals surface area (Å²) in [6, 6.07) is -0.556. The lowest BCUT2D eigenvalue weighted by Gasteiger charge is -2.29. The molecule has 0 aromatic carbocycles. The SMILES string of the molecule is CC1CCOC1C(=O)N(CC(=O)O)C1CCS(=O)(=O)C1. The number of nitrogens with zero attached hydrogens (tertiary/aromatic N) is 1. The van der Waals surface area contributed by atoms with E-state index in [9.17, 15) is 18.0 Å². The molecule has 0 aromatic heterocycles. The zero-order valence-electron chi connectivity index (χ0n) is 11.3. The van der Waals surface area contributed by atoms with Gasteiger partial charge < -0.3 is 14.7 Å². The molecule has 2 saturated heterocycles. The highest BCUT2D eigenvalue weighted by Gasteiger charge is 2.41. The van der Waals surface area contributed by atoms with Crippen molar-refractivity contribution >= 4 is 21.7 Å². The topological polar surface area (TPSA) is 101 Å². The first kappa shape index (κ1) is 15.2. The second-order valence-electron chi connectivity index (χ2n) is 5.47. The summed E-state index contributed by atoms with van der Waals surface area (Å²) < 4.78 is 28.4. The Morgan fingerprint density at radius 3 is 2.50 bits per heavy atom. The lowest BCUT2D eigenvalue weighted by Crippen LogP contribution is -2.49. The highest BCUT2D eigenvalue weighted by atomic mass is 32.2. The summed E-state index contributed by atoms with van der Waals surface area (Å²) in [4.78, 5) is 24.5. The fourth-order valence-electron chi connectivity index (χ4n) is 2.73. The Kier molecular flexibility index (Phi) is 4.33. The average Bonchev–Trinajstić information content (AvgIpc) is 2.91. The second-order valence-corrected chi connectivity index (χ2v) is 7.70. The number of carbonyl (C=O) groups excluding carboxylic acids is 1. The molecule has 0 spiro atoms. The van der Waals surface area contributed by atoms with Crippen molar-refractivity contribution in [2.45, 2.75) is 31.9 Å². The molecule has 0 saturated carbocycles. The quantitative estimate of drug-likeness (QED) is 0.752. The maximum absolute atomic E-state index is 12.4. The summed E-state index contributed by atoms with van der Waals surface area (Å²) in [6.45, 7) is 1.87. The molecule has 3 atom stereocenters. The molecule has 1 N–H and O–H groups in total. The molecular weight excluding hydrogens is 286 g/mol. The van der Waals surface area contributed by atoms with Crippen molar-refractivity contribution < 1.29 is 27.9 Å². The van der Waals surface area contributed by atoms with Crippen LogP contribution in [0.4, 0.5) is 0 Å². The van der Waals surface area contributed by atoms with E-state index in [1.807, 2.05) is 6.92 Å². The van der Waals surface area contributed by atoms with E-state index in [-0.39, 0.29) is 17.4 Å². The van der Waals surface area contributed by atoms with Crippen LogP contribution < -0.4 is 0 Å². The Bertz CT molecular complexity index is 502. The number of hydrogen-bond acceptors (Lipinski definition) is 5.